The fourth-order valence-electron chi connectivity index (χ4n) is 23.3. The topological polar surface area (TPSA) is 38.9 Å². The van der Waals surface area contributed by atoms with Gasteiger partial charge in [0.1, 0.15) is 0 Å². The molecule has 2 aliphatic carbocycles. The van der Waals surface area contributed by atoms with E-state index in [0.717, 1.165) is 68.2 Å². The van der Waals surface area contributed by atoms with E-state index >= 15 is 0 Å². The van der Waals surface area contributed by atoms with Crippen LogP contribution in [0.2, 0.25) is 0 Å². The lowest BCUT2D eigenvalue weighted by Crippen LogP contribution is -2.37. The standard InChI is InChI=1S/C121H156N12/c1-77(2)122(78(3)4)93-33-49-101(50-34-93)130(102-51-35-94(36-52-102)123(79(5)6)80(7)8)109-65-69-113-114-70-66-110(131(103-53-37-95(38-54-103)124(81(9)10)82(11)12)104-55-39-96(40-56-104)125(83(13)14)84(15)16)74-118(114)121(117(113)73-109)119-75-111(132(105-57-41-97(42-58-105)126(85(17)18)86(19)20)106-59-43-98(44-60-106)127(87(21)22)88(23)24)67-71-115(119)116-72-68-112(76-120(116)121)133(107-61-45-99(46-62-107)128(89(25)26)90(27)28)108-63-47-100(48-64-108)129(91(29)30)92(31)32/h33-92H,1-32H3. The zero-order chi connectivity index (χ0) is 95.9. The van der Waals surface area contributed by atoms with E-state index in [9.17, 15) is 0 Å². The van der Waals surface area contributed by atoms with Crippen molar-refractivity contribution in [1.82, 2.24) is 0 Å². The maximum Gasteiger partial charge on any atom is 0.0728 e. The molecule has 0 fully saturated rings. The number of anilines is 20. The SMILES string of the molecule is CC(C)N(c1ccc(N(c2ccc(N(C(C)C)C(C)C)cc2)c2ccc3c(c2)C2(c4cc(N(c5ccc(N(C(C)C)C(C)C)cc5)c5ccc(N(C(C)C)C(C)C)cc5)ccc4-3)c3cc(N(c4ccc(N(C(C)C)C(C)C)cc4)c4ccc(N(C(C)C)C(C)C)cc4)ccc3-c3ccc(N(c4ccc(N(C(C)C)C(C)C)cc4)c4ccc(N(C(C)C)C(C)C)cc4)cc32)cc1)C(C)C. The first-order valence-electron chi connectivity index (χ1n) is 50.1. The van der Waals surface area contributed by atoms with Crippen molar-refractivity contribution < 1.29 is 0 Å². The van der Waals surface area contributed by atoms with Crippen LogP contribution < -0.4 is 58.8 Å². The Hall–Kier alpha value is -11.8. The molecule has 0 saturated carbocycles. The summed E-state index contributed by atoms with van der Waals surface area (Å²) in [6.07, 6.45) is 0. The minimum Gasteiger partial charge on any atom is -0.367 e. The molecule has 133 heavy (non-hydrogen) atoms. The van der Waals surface area contributed by atoms with Gasteiger partial charge in [-0.2, -0.15) is 0 Å². The van der Waals surface area contributed by atoms with Crippen LogP contribution in [0.5, 0.6) is 0 Å². The normalized spacial score (nSPS) is 12.8. The van der Waals surface area contributed by atoms with Gasteiger partial charge in [-0.3, -0.25) is 0 Å². The lowest BCUT2D eigenvalue weighted by Gasteiger charge is -2.36. The average Bonchev–Trinajstić information content (AvgIpc) is 1.50. The summed E-state index contributed by atoms with van der Waals surface area (Å²) >= 11 is 0. The minimum atomic E-state index is -1.02. The highest BCUT2D eigenvalue weighted by atomic mass is 15.2. The molecule has 0 aromatic heterocycles. The molecule has 14 rings (SSSR count). The fourth-order valence-corrected chi connectivity index (χ4v) is 23.3. The lowest BCUT2D eigenvalue weighted by molar-refractivity contribution is 0.608. The molecule has 0 aliphatic heterocycles. The van der Waals surface area contributed by atoms with Crippen LogP contribution >= 0.6 is 0 Å². The highest BCUT2D eigenvalue weighted by Gasteiger charge is 2.53. The van der Waals surface area contributed by atoms with Gasteiger partial charge in [0.2, 0.25) is 0 Å². The van der Waals surface area contributed by atoms with E-state index in [1.165, 1.54) is 90.0 Å². The van der Waals surface area contributed by atoms with Crippen LogP contribution in [0.25, 0.3) is 22.3 Å². The summed E-state index contributed by atoms with van der Waals surface area (Å²) in [4.78, 5) is 30.3. The Balaban J connectivity index is 1.13. The number of hydrogen-bond donors (Lipinski definition) is 0. The molecule has 0 radical (unpaired) electrons. The smallest absolute Gasteiger partial charge is 0.0728 e. The Labute approximate surface area is 802 Å². The summed E-state index contributed by atoms with van der Waals surface area (Å²) < 4.78 is 0. The second kappa shape index (κ2) is 40.2. The second-order valence-electron chi connectivity index (χ2n) is 41.9. The number of rotatable bonds is 36. The van der Waals surface area contributed by atoms with Gasteiger partial charge >= 0.3 is 0 Å². The van der Waals surface area contributed by atoms with Gasteiger partial charge in [0.05, 0.1) is 5.41 Å². The third-order valence-corrected chi connectivity index (χ3v) is 27.4. The van der Waals surface area contributed by atoms with Crippen molar-refractivity contribution in [1.29, 1.82) is 0 Å². The number of hydrogen-bond acceptors (Lipinski definition) is 12. The molecule has 2 aliphatic rings. The van der Waals surface area contributed by atoms with Gasteiger partial charge in [0, 0.05) is 210 Å². The van der Waals surface area contributed by atoms with Crippen molar-refractivity contribution in [2.24, 2.45) is 0 Å². The highest BCUT2D eigenvalue weighted by Crippen LogP contribution is 2.66. The van der Waals surface area contributed by atoms with Gasteiger partial charge in [0.25, 0.3) is 0 Å². The molecule has 0 saturated heterocycles. The van der Waals surface area contributed by atoms with E-state index in [2.05, 4.69) is 547 Å². The van der Waals surface area contributed by atoms with Crippen LogP contribution in [0, 0.1) is 0 Å². The molecule has 700 valence electrons. The van der Waals surface area contributed by atoms with E-state index in [1.807, 2.05) is 0 Å². The minimum absolute atomic E-state index is 0.296. The highest BCUT2D eigenvalue weighted by molar-refractivity contribution is 6.00. The maximum atomic E-state index is 2.61. The van der Waals surface area contributed by atoms with Gasteiger partial charge < -0.3 is 58.8 Å². The molecule has 12 aromatic carbocycles. The molecule has 0 N–H and O–H groups in total. The van der Waals surface area contributed by atoms with Crippen molar-refractivity contribution in [3.8, 4) is 22.3 Å². The van der Waals surface area contributed by atoms with E-state index in [4.69, 9.17) is 0 Å². The van der Waals surface area contributed by atoms with Crippen LogP contribution in [0.15, 0.2) is 267 Å². The first-order chi connectivity index (χ1) is 63.2. The Morgan fingerprint density at radius 2 is 0.211 bits per heavy atom. The molecule has 0 amide bonds. The zero-order valence-electron chi connectivity index (χ0n) is 86.5. The van der Waals surface area contributed by atoms with Crippen LogP contribution in [-0.4, -0.2) is 96.7 Å². The Morgan fingerprint density at radius 3 is 0.308 bits per heavy atom. The van der Waals surface area contributed by atoms with Crippen molar-refractivity contribution in [2.75, 3.05) is 58.8 Å². The Bertz CT molecular complexity index is 4810. The zero-order valence-corrected chi connectivity index (χ0v) is 86.5. The molecule has 1 spiro atoms. The summed E-state index contributed by atoms with van der Waals surface area (Å²) in [7, 11) is 0. The lowest BCUT2D eigenvalue weighted by atomic mass is 9.70. The molecule has 0 atom stereocenters. The predicted molar refractivity (Wildman–Crippen MR) is 583 cm³/mol. The first kappa shape index (κ1) is 97.3. The molecule has 0 heterocycles. The summed E-state index contributed by atoms with van der Waals surface area (Å²) in [6.45, 7) is 73.8. The van der Waals surface area contributed by atoms with Crippen LogP contribution in [0.3, 0.4) is 0 Å². The second-order valence-corrected chi connectivity index (χ2v) is 41.9. The van der Waals surface area contributed by atoms with Gasteiger partial charge in [-0.1, -0.05) is 24.3 Å². The quantitative estimate of drug-likeness (QED) is 0.0376. The Morgan fingerprint density at radius 1 is 0.120 bits per heavy atom. The molecule has 0 bridgehead atoms. The molecular weight excluding hydrogens is 1620 g/mol. The molecular formula is C121H156N12. The van der Waals surface area contributed by atoms with Crippen molar-refractivity contribution in [3.63, 3.8) is 0 Å². The largest absolute Gasteiger partial charge is 0.367 e. The third-order valence-electron chi connectivity index (χ3n) is 27.4. The average molecular weight is 1780 g/mol. The number of benzene rings is 12. The summed E-state index contributed by atoms with van der Waals surface area (Å²) in [5, 5.41) is 0. The molecule has 12 heteroatoms. The van der Waals surface area contributed by atoms with Crippen LogP contribution in [0.4, 0.5) is 114 Å². The van der Waals surface area contributed by atoms with Gasteiger partial charge in [0.15, 0.2) is 0 Å². The molecule has 0 unspecified atom stereocenters. The summed E-state index contributed by atoms with van der Waals surface area (Å²) in [6, 6.07) is 110. The molecule has 12 nitrogen and oxygen atoms in total. The van der Waals surface area contributed by atoms with Crippen molar-refractivity contribution in [2.45, 2.75) is 324 Å². The predicted octanol–water partition coefficient (Wildman–Crippen LogP) is 32.9. The van der Waals surface area contributed by atoms with Gasteiger partial charge in [-0.25, -0.2) is 0 Å². The van der Waals surface area contributed by atoms with Gasteiger partial charge in [-0.15, -0.1) is 0 Å². The van der Waals surface area contributed by atoms with Gasteiger partial charge in [-0.05, 0) is 509 Å². The van der Waals surface area contributed by atoms with Crippen molar-refractivity contribution in [3.05, 3.63) is 289 Å². The van der Waals surface area contributed by atoms with Crippen LogP contribution in [0.1, 0.15) is 244 Å². The van der Waals surface area contributed by atoms with Crippen molar-refractivity contribution >= 4 is 114 Å². The number of nitrogens with zero attached hydrogens (tertiary/aromatic N) is 12. The number of fused-ring (bicyclic) bond motifs is 10. The fraction of sp³-hybridized carbons (Fsp3) is 0.405. The monoisotopic (exact) mass is 1780 g/mol. The van der Waals surface area contributed by atoms with E-state index in [-0.39, 0.29) is 0 Å². The maximum absolute atomic E-state index is 2.61. The first-order valence-corrected chi connectivity index (χ1v) is 50.1. The molecule has 12 aromatic rings. The summed E-state index contributed by atoms with van der Waals surface area (Å²) in [5.74, 6) is 0. The van der Waals surface area contributed by atoms with Crippen LogP contribution in [-0.2, 0) is 5.41 Å². The van der Waals surface area contributed by atoms with E-state index < -0.39 is 5.41 Å². The van der Waals surface area contributed by atoms with E-state index in [1.54, 1.807) is 0 Å². The van der Waals surface area contributed by atoms with E-state index in [0.29, 0.717) is 96.7 Å². The summed E-state index contributed by atoms with van der Waals surface area (Å²) in [5.41, 5.74) is 31.0. The third kappa shape index (κ3) is 19.2. The Kier molecular flexibility index (Phi) is 29.4.